The predicted octanol–water partition coefficient (Wildman–Crippen LogP) is 6.04. The number of benzene rings is 3. The molecule has 0 fully saturated rings. The second kappa shape index (κ2) is 12.9. The van der Waals surface area contributed by atoms with E-state index in [1.807, 2.05) is 13.8 Å². The molecule has 37 heavy (non-hydrogen) atoms. The number of sulfonamides is 1. The summed E-state index contributed by atoms with van der Waals surface area (Å²) in [6, 6.07) is 19.1. The first-order chi connectivity index (χ1) is 17.5. The van der Waals surface area contributed by atoms with Crippen LogP contribution in [0.1, 0.15) is 46.5 Å². The normalized spacial score (nSPS) is 11.7. The monoisotopic (exact) mass is 536 g/mol. The van der Waals surface area contributed by atoms with Gasteiger partial charge < -0.3 is 9.57 Å². The number of nitrogens with zero attached hydrogens (tertiary/aromatic N) is 1. The molecule has 3 rings (SSSR count). The fourth-order valence-electron chi connectivity index (χ4n) is 3.03. The number of esters is 1. The molecular weight excluding hydrogens is 509 g/mol. The van der Waals surface area contributed by atoms with E-state index in [0.29, 0.717) is 22.3 Å². The smallest absolute Gasteiger partial charge is 0.465 e. The Kier molecular flexibility index (Phi) is 10.2. The van der Waals surface area contributed by atoms with E-state index in [2.05, 4.69) is 9.89 Å². The molecule has 0 amide bonds. The summed E-state index contributed by atoms with van der Waals surface area (Å²) in [5, 5.41) is 4.14. The van der Waals surface area contributed by atoms with Crippen molar-refractivity contribution in [3.05, 3.63) is 101 Å². The maximum Gasteiger partial charge on any atom is 0.516 e. The molecule has 7 nitrogen and oxygen atoms in total. The fraction of sp³-hybridized carbons (Fsp3) is 0.231. The topological polar surface area (TPSA) is 94.1 Å². The number of aryl methyl sites for hydroxylation is 1. The second-order valence-corrected chi connectivity index (χ2v) is 9.04. The number of carbonyl (C=O) groups is 1. The van der Waals surface area contributed by atoms with Gasteiger partial charge in [-0.15, -0.1) is 0 Å². The molecule has 0 aromatic heterocycles. The maximum absolute atomic E-state index is 13.0. The van der Waals surface area contributed by atoms with E-state index in [-0.39, 0.29) is 23.6 Å². The molecule has 198 valence electrons. The first-order valence-electron chi connectivity index (χ1n) is 11.1. The molecule has 0 unspecified atom stereocenters. The molecule has 3 aromatic rings. The van der Waals surface area contributed by atoms with E-state index in [1.165, 1.54) is 25.3 Å². The highest BCUT2D eigenvalue weighted by Gasteiger charge is 2.46. The van der Waals surface area contributed by atoms with Crippen LogP contribution in [0.15, 0.2) is 78.0 Å². The van der Waals surface area contributed by atoms with Crippen LogP contribution in [-0.4, -0.2) is 32.7 Å². The molecule has 11 heteroatoms. The summed E-state index contributed by atoms with van der Waals surface area (Å²) >= 11 is 0. The molecule has 0 spiro atoms. The van der Waals surface area contributed by atoms with Gasteiger partial charge in [0.25, 0.3) is 0 Å². The van der Waals surface area contributed by atoms with Crippen LogP contribution >= 0.6 is 0 Å². The third-order valence-electron chi connectivity index (χ3n) is 4.79. The van der Waals surface area contributed by atoms with Crippen molar-refractivity contribution in [1.82, 2.24) is 0 Å². The lowest BCUT2D eigenvalue weighted by molar-refractivity contribution is -0.0429. The number of hydrogen-bond donors (Lipinski definition) is 1. The van der Waals surface area contributed by atoms with Crippen molar-refractivity contribution in [3.63, 3.8) is 0 Å². The van der Waals surface area contributed by atoms with Crippen molar-refractivity contribution in [1.29, 1.82) is 0 Å². The summed E-state index contributed by atoms with van der Waals surface area (Å²) in [5.74, 6) is -0.491. The standard InChI is InChI=1S/C24H21F3N2O5S.C2H6/c1-16-8-13-21(29-35(31,32)24(25,26)27)20(14-16)22(18-6-4-3-5-7-18)28-34-15-17-9-11-19(12-10-17)23(30)33-2;1-2/h3-14,29H,15H2,1-2H3;1-2H3/b28-22+;. The Hall–Kier alpha value is -3.86. The van der Waals surface area contributed by atoms with Crippen LogP contribution in [0, 0.1) is 6.92 Å². The van der Waals surface area contributed by atoms with Gasteiger partial charge in [0.05, 0.1) is 18.4 Å². The lowest BCUT2D eigenvalue weighted by atomic mass is 9.99. The highest BCUT2D eigenvalue weighted by molar-refractivity contribution is 7.93. The van der Waals surface area contributed by atoms with Crippen molar-refractivity contribution in [3.8, 4) is 0 Å². The second-order valence-electron chi connectivity index (χ2n) is 7.37. The molecule has 0 aliphatic carbocycles. The van der Waals surface area contributed by atoms with E-state index < -0.39 is 21.5 Å². The summed E-state index contributed by atoms with van der Waals surface area (Å²) in [5.41, 5.74) is -3.40. The van der Waals surface area contributed by atoms with E-state index in [1.54, 1.807) is 66.2 Å². The zero-order chi connectivity index (χ0) is 27.6. The minimum absolute atomic E-state index is 0.0206. The fourth-order valence-corrected chi connectivity index (χ4v) is 3.61. The average molecular weight is 537 g/mol. The highest BCUT2D eigenvalue weighted by atomic mass is 32.2. The molecule has 1 N–H and O–H groups in total. The lowest BCUT2D eigenvalue weighted by Gasteiger charge is -2.16. The number of methoxy groups -OCH3 is 1. The van der Waals surface area contributed by atoms with Crippen LogP contribution in [-0.2, 0) is 26.2 Å². The molecule has 0 saturated carbocycles. The van der Waals surface area contributed by atoms with Gasteiger partial charge in [0.2, 0.25) is 0 Å². The van der Waals surface area contributed by atoms with Crippen molar-refractivity contribution in [2.75, 3.05) is 11.8 Å². The van der Waals surface area contributed by atoms with E-state index in [0.717, 1.165) is 0 Å². The predicted molar refractivity (Wildman–Crippen MR) is 136 cm³/mol. The number of ether oxygens (including phenoxy) is 1. The van der Waals surface area contributed by atoms with Gasteiger partial charge in [-0.3, -0.25) is 4.72 Å². The Morgan fingerprint density at radius 3 is 2.14 bits per heavy atom. The van der Waals surface area contributed by atoms with Crippen LogP contribution in [0.5, 0.6) is 0 Å². The van der Waals surface area contributed by atoms with Crippen molar-refractivity contribution in [2.24, 2.45) is 5.16 Å². The van der Waals surface area contributed by atoms with Crippen LogP contribution < -0.4 is 4.72 Å². The van der Waals surface area contributed by atoms with Gasteiger partial charge in [0, 0.05) is 11.1 Å². The van der Waals surface area contributed by atoms with Gasteiger partial charge >= 0.3 is 21.5 Å². The summed E-state index contributed by atoms with van der Waals surface area (Å²) in [6.45, 7) is 5.69. The number of hydrogen-bond acceptors (Lipinski definition) is 6. The number of alkyl halides is 3. The molecule has 0 aliphatic heterocycles. The summed E-state index contributed by atoms with van der Waals surface area (Å²) < 4.78 is 68.8. The van der Waals surface area contributed by atoms with Crippen molar-refractivity contribution < 1.29 is 36.0 Å². The van der Waals surface area contributed by atoms with Gasteiger partial charge in [0.1, 0.15) is 12.3 Å². The number of oxime groups is 1. The number of carbonyl (C=O) groups excluding carboxylic acids is 1. The Morgan fingerprint density at radius 1 is 0.946 bits per heavy atom. The summed E-state index contributed by atoms with van der Waals surface area (Å²) in [4.78, 5) is 17.0. The number of nitrogens with one attached hydrogen (secondary N) is 1. The third-order valence-corrected chi connectivity index (χ3v) is 5.89. The van der Waals surface area contributed by atoms with Crippen molar-refractivity contribution in [2.45, 2.75) is 32.9 Å². The summed E-state index contributed by atoms with van der Waals surface area (Å²) in [6.07, 6.45) is 0. The molecule has 0 aliphatic rings. The molecular formula is C26H27F3N2O5S. The first-order valence-corrected chi connectivity index (χ1v) is 12.6. The van der Waals surface area contributed by atoms with E-state index >= 15 is 0 Å². The van der Waals surface area contributed by atoms with Gasteiger partial charge in [-0.25, -0.2) is 4.79 Å². The molecule has 0 heterocycles. The van der Waals surface area contributed by atoms with Crippen molar-refractivity contribution >= 4 is 27.4 Å². The van der Waals surface area contributed by atoms with Gasteiger partial charge in [-0.05, 0) is 36.8 Å². The highest BCUT2D eigenvalue weighted by Crippen LogP contribution is 2.29. The molecule has 0 saturated heterocycles. The zero-order valence-electron chi connectivity index (χ0n) is 20.7. The SMILES string of the molecule is CC.COC(=O)c1ccc(CO/N=C(\c2ccccc2)c2cc(C)ccc2NS(=O)(=O)C(F)(F)F)cc1. The minimum atomic E-state index is -5.66. The summed E-state index contributed by atoms with van der Waals surface area (Å²) in [7, 11) is -4.39. The van der Waals surface area contributed by atoms with E-state index in [9.17, 15) is 26.4 Å². The largest absolute Gasteiger partial charge is 0.516 e. The Morgan fingerprint density at radius 2 is 1.57 bits per heavy atom. The Bertz CT molecular complexity index is 1320. The molecule has 3 aromatic carbocycles. The minimum Gasteiger partial charge on any atom is -0.465 e. The van der Waals surface area contributed by atoms with E-state index in [4.69, 9.17) is 4.84 Å². The zero-order valence-corrected chi connectivity index (χ0v) is 21.5. The van der Waals surface area contributed by atoms with Crippen LogP contribution in [0.3, 0.4) is 0 Å². The quantitative estimate of drug-likeness (QED) is 0.215. The van der Waals surface area contributed by atoms with Crippen LogP contribution in [0.4, 0.5) is 18.9 Å². The number of rotatable bonds is 8. The number of anilines is 1. The maximum atomic E-state index is 13.0. The average Bonchev–Trinajstić information content (AvgIpc) is 2.88. The van der Waals surface area contributed by atoms with Gasteiger partial charge in [0.15, 0.2) is 0 Å². The Labute approximate surface area is 214 Å². The molecule has 0 atom stereocenters. The third kappa shape index (κ3) is 7.81. The first kappa shape index (κ1) is 29.4. The lowest BCUT2D eigenvalue weighted by Crippen LogP contribution is -2.30. The van der Waals surface area contributed by atoms with Crippen LogP contribution in [0.25, 0.3) is 0 Å². The molecule has 0 bridgehead atoms. The van der Waals surface area contributed by atoms with Gasteiger partial charge in [-0.2, -0.15) is 21.6 Å². The van der Waals surface area contributed by atoms with Gasteiger partial charge in [-0.1, -0.05) is 73.1 Å². The van der Waals surface area contributed by atoms with Crippen LogP contribution in [0.2, 0.25) is 0 Å². The number of halogens is 3. The Balaban J connectivity index is 0.00000235. The molecule has 0 radical (unpaired) electrons.